The molecule has 0 radical (unpaired) electrons. The predicted molar refractivity (Wildman–Crippen MR) is 76.1 cm³/mol. The molecule has 19 heavy (non-hydrogen) atoms. The lowest BCUT2D eigenvalue weighted by Gasteiger charge is -2.37. The van der Waals surface area contributed by atoms with Gasteiger partial charge in [0.05, 0.1) is 11.6 Å². The molecule has 1 aliphatic rings. The minimum absolute atomic E-state index is 0.430. The third kappa shape index (κ3) is 4.25. The van der Waals surface area contributed by atoms with Crippen LogP contribution in [0.15, 0.2) is 24.3 Å². The van der Waals surface area contributed by atoms with Gasteiger partial charge in [-0.25, -0.2) is 0 Å². The number of rotatable bonds is 4. The van der Waals surface area contributed by atoms with Crippen LogP contribution in [-0.4, -0.2) is 31.1 Å². The second kappa shape index (κ2) is 6.08. The van der Waals surface area contributed by atoms with Crippen LogP contribution in [0.4, 0.5) is 0 Å². The number of hydrogen-bond acceptors (Lipinski definition) is 3. The molecule has 0 amide bonds. The Bertz CT molecular complexity index is 462. The average molecular weight is 258 g/mol. The zero-order chi connectivity index (χ0) is 13.7. The Morgan fingerprint density at radius 3 is 3.00 bits per heavy atom. The van der Waals surface area contributed by atoms with E-state index in [0.29, 0.717) is 17.6 Å². The summed E-state index contributed by atoms with van der Waals surface area (Å²) in [6.07, 6.45) is 2.59. The Labute approximate surface area is 115 Å². The van der Waals surface area contributed by atoms with Gasteiger partial charge >= 0.3 is 0 Å². The molecule has 0 atom stereocenters. The molecule has 1 aromatic carbocycles. The first kappa shape index (κ1) is 13.9. The minimum atomic E-state index is 0.430. The zero-order valence-electron chi connectivity index (χ0n) is 11.9. The third-order valence-corrected chi connectivity index (χ3v) is 3.62. The standard InChI is InChI=1S/C16H22N2O/c1-16(2)7-4-8-18(13-16)9-10-19-15-6-3-5-14(11-15)12-17/h3,5-6,11H,4,7-10,13H2,1-2H3. The van der Waals surface area contributed by atoms with Crippen molar-refractivity contribution in [1.82, 2.24) is 4.90 Å². The monoisotopic (exact) mass is 258 g/mol. The van der Waals surface area contributed by atoms with Crippen molar-refractivity contribution in [1.29, 1.82) is 5.26 Å². The summed E-state index contributed by atoms with van der Waals surface area (Å²) in [6.45, 7) is 8.62. The molecule has 3 heteroatoms. The highest BCUT2D eigenvalue weighted by Crippen LogP contribution is 2.28. The summed E-state index contributed by atoms with van der Waals surface area (Å²) < 4.78 is 5.73. The number of ether oxygens (including phenoxy) is 1. The highest BCUT2D eigenvalue weighted by molar-refractivity contribution is 5.36. The van der Waals surface area contributed by atoms with Gasteiger partial charge in [-0.3, -0.25) is 4.90 Å². The summed E-state index contributed by atoms with van der Waals surface area (Å²) in [5.41, 5.74) is 1.08. The van der Waals surface area contributed by atoms with Gasteiger partial charge in [-0.05, 0) is 43.0 Å². The largest absolute Gasteiger partial charge is 0.492 e. The van der Waals surface area contributed by atoms with Crippen LogP contribution in [0.2, 0.25) is 0 Å². The minimum Gasteiger partial charge on any atom is -0.492 e. The van der Waals surface area contributed by atoms with Crippen LogP contribution in [-0.2, 0) is 0 Å². The normalized spacial score (nSPS) is 18.8. The van der Waals surface area contributed by atoms with Crippen molar-refractivity contribution in [3.63, 3.8) is 0 Å². The smallest absolute Gasteiger partial charge is 0.120 e. The van der Waals surface area contributed by atoms with Crippen LogP contribution in [0.3, 0.4) is 0 Å². The van der Waals surface area contributed by atoms with Gasteiger partial charge in [0.2, 0.25) is 0 Å². The van der Waals surface area contributed by atoms with E-state index in [-0.39, 0.29) is 0 Å². The Hall–Kier alpha value is -1.53. The van der Waals surface area contributed by atoms with E-state index in [2.05, 4.69) is 24.8 Å². The molecule has 1 aromatic rings. The number of likely N-dealkylation sites (tertiary alicyclic amines) is 1. The molecular weight excluding hydrogens is 236 g/mol. The fourth-order valence-electron chi connectivity index (χ4n) is 2.68. The molecule has 0 N–H and O–H groups in total. The van der Waals surface area contributed by atoms with E-state index < -0.39 is 0 Å². The number of nitriles is 1. The van der Waals surface area contributed by atoms with Crippen LogP contribution in [0.25, 0.3) is 0 Å². The van der Waals surface area contributed by atoms with Crippen LogP contribution in [0.5, 0.6) is 5.75 Å². The van der Waals surface area contributed by atoms with E-state index in [0.717, 1.165) is 18.8 Å². The van der Waals surface area contributed by atoms with Crippen molar-refractivity contribution >= 4 is 0 Å². The summed E-state index contributed by atoms with van der Waals surface area (Å²) in [4.78, 5) is 2.47. The van der Waals surface area contributed by atoms with E-state index in [1.54, 1.807) is 12.1 Å². The molecule has 0 saturated carbocycles. The second-order valence-corrected chi connectivity index (χ2v) is 6.03. The molecule has 0 bridgehead atoms. The van der Waals surface area contributed by atoms with E-state index in [4.69, 9.17) is 10.00 Å². The first-order chi connectivity index (χ1) is 9.09. The molecule has 1 saturated heterocycles. The first-order valence-electron chi connectivity index (χ1n) is 6.94. The summed E-state index contributed by atoms with van der Waals surface area (Å²) in [6, 6.07) is 9.47. The van der Waals surface area contributed by atoms with Gasteiger partial charge in [0.25, 0.3) is 0 Å². The fraction of sp³-hybridized carbons (Fsp3) is 0.562. The number of benzene rings is 1. The molecule has 0 aliphatic carbocycles. The summed E-state index contributed by atoms with van der Waals surface area (Å²) in [5, 5.41) is 8.84. The van der Waals surface area contributed by atoms with Gasteiger partial charge in [-0.15, -0.1) is 0 Å². The fourth-order valence-corrected chi connectivity index (χ4v) is 2.68. The van der Waals surface area contributed by atoms with Crippen LogP contribution < -0.4 is 4.74 Å². The third-order valence-electron chi connectivity index (χ3n) is 3.62. The average Bonchev–Trinajstić information content (AvgIpc) is 2.38. The van der Waals surface area contributed by atoms with Crippen molar-refractivity contribution in [2.45, 2.75) is 26.7 Å². The molecule has 2 rings (SSSR count). The molecule has 1 heterocycles. The maximum Gasteiger partial charge on any atom is 0.120 e. The van der Waals surface area contributed by atoms with Gasteiger partial charge in [0, 0.05) is 13.1 Å². The Morgan fingerprint density at radius 2 is 2.26 bits per heavy atom. The highest BCUT2D eigenvalue weighted by Gasteiger charge is 2.25. The quantitative estimate of drug-likeness (QED) is 0.832. The molecule has 0 unspecified atom stereocenters. The SMILES string of the molecule is CC1(C)CCCN(CCOc2cccc(C#N)c2)C1. The number of hydrogen-bond donors (Lipinski definition) is 0. The van der Waals surface area contributed by atoms with Crippen molar-refractivity contribution in [2.24, 2.45) is 5.41 Å². The van der Waals surface area contributed by atoms with E-state index in [1.165, 1.54) is 19.4 Å². The van der Waals surface area contributed by atoms with E-state index in [9.17, 15) is 0 Å². The summed E-state index contributed by atoms with van der Waals surface area (Å²) in [7, 11) is 0. The molecule has 1 aliphatic heterocycles. The first-order valence-corrected chi connectivity index (χ1v) is 6.94. The summed E-state index contributed by atoms with van der Waals surface area (Å²) >= 11 is 0. The molecular formula is C16H22N2O. The predicted octanol–water partition coefficient (Wildman–Crippen LogP) is 3.06. The molecule has 0 spiro atoms. The Kier molecular flexibility index (Phi) is 4.44. The van der Waals surface area contributed by atoms with E-state index in [1.807, 2.05) is 12.1 Å². The van der Waals surface area contributed by atoms with Crippen LogP contribution >= 0.6 is 0 Å². The van der Waals surface area contributed by atoms with E-state index >= 15 is 0 Å². The lowest BCUT2D eigenvalue weighted by atomic mass is 9.84. The zero-order valence-corrected chi connectivity index (χ0v) is 11.9. The molecule has 102 valence electrons. The topological polar surface area (TPSA) is 36.3 Å². The van der Waals surface area contributed by atoms with Gasteiger partial charge in [0.15, 0.2) is 0 Å². The van der Waals surface area contributed by atoms with Crippen molar-refractivity contribution in [2.75, 3.05) is 26.2 Å². The van der Waals surface area contributed by atoms with Crippen LogP contribution in [0.1, 0.15) is 32.3 Å². The van der Waals surface area contributed by atoms with Gasteiger partial charge < -0.3 is 4.74 Å². The Balaban J connectivity index is 1.78. The van der Waals surface area contributed by atoms with Gasteiger partial charge in [-0.1, -0.05) is 19.9 Å². The lowest BCUT2D eigenvalue weighted by Crippen LogP contribution is -2.41. The molecule has 1 fully saturated rings. The maximum absolute atomic E-state index is 8.84. The molecule has 3 nitrogen and oxygen atoms in total. The summed E-state index contributed by atoms with van der Waals surface area (Å²) in [5.74, 6) is 0.787. The maximum atomic E-state index is 8.84. The van der Waals surface area contributed by atoms with Gasteiger partial charge in [-0.2, -0.15) is 5.26 Å². The van der Waals surface area contributed by atoms with Crippen molar-refractivity contribution in [3.05, 3.63) is 29.8 Å². The Morgan fingerprint density at radius 1 is 1.42 bits per heavy atom. The number of piperidine rings is 1. The molecule has 0 aromatic heterocycles. The van der Waals surface area contributed by atoms with Crippen LogP contribution in [0, 0.1) is 16.7 Å². The number of nitrogens with zero attached hydrogens (tertiary/aromatic N) is 2. The van der Waals surface area contributed by atoms with Gasteiger partial charge in [0.1, 0.15) is 12.4 Å². The van der Waals surface area contributed by atoms with Crippen molar-refractivity contribution in [3.8, 4) is 11.8 Å². The second-order valence-electron chi connectivity index (χ2n) is 6.03. The highest BCUT2D eigenvalue weighted by atomic mass is 16.5. The lowest BCUT2D eigenvalue weighted by molar-refractivity contribution is 0.102. The van der Waals surface area contributed by atoms with Crippen molar-refractivity contribution < 1.29 is 4.74 Å².